The lowest BCUT2D eigenvalue weighted by molar-refractivity contribution is 0.187. The molecule has 0 amide bonds. The van der Waals surface area contributed by atoms with Gasteiger partial charge in [0.1, 0.15) is 0 Å². The second-order valence-electron chi connectivity index (χ2n) is 2.39. The van der Waals surface area contributed by atoms with Crippen LogP contribution in [-0.4, -0.2) is 11.7 Å². The van der Waals surface area contributed by atoms with Gasteiger partial charge in [-0.1, -0.05) is 29.3 Å². The van der Waals surface area contributed by atoms with Gasteiger partial charge in [-0.05, 0) is 12.1 Å². The van der Waals surface area contributed by atoms with Gasteiger partial charge in [0.2, 0.25) is 0 Å². The summed E-state index contributed by atoms with van der Waals surface area (Å²) in [5.41, 5.74) is 5.78. The van der Waals surface area contributed by atoms with Crippen LogP contribution in [0, 0.1) is 0 Å². The van der Waals surface area contributed by atoms with Crippen molar-refractivity contribution in [3.63, 3.8) is 0 Å². The third kappa shape index (κ3) is 1.90. The monoisotopic (exact) mass is 205 g/mol. The summed E-state index contributed by atoms with van der Waals surface area (Å²) < 4.78 is 0. The largest absolute Gasteiger partial charge is 0.387 e. The predicted octanol–water partition coefficient (Wildman–Crippen LogP) is 1.99. The fourth-order valence-electron chi connectivity index (χ4n) is 0.947. The van der Waals surface area contributed by atoms with E-state index < -0.39 is 6.10 Å². The smallest absolute Gasteiger partial charge is 0.0941 e. The molecular weight excluding hydrogens is 197 g/mol. The zero-order valence-corrected chi connectivity index (χ0v) is 7.81. The molecule has 0 unspecified atom stereocenters. The molecule has 0 heterocycles. The molecule has 1 atom stereocenters. The molecule has 2 nitrogen and oxygen atoms in total. The zero-order valence-electron chi connectivity index (χ0n) is 6.30. The Hall–Kier alpha value is -0.280. The number of aliphatic hydroxyl groups is 1. The van der Waals surface area contributed by atoms with E-state index in [2.05, 4.69) is 0 Å². The topological polar surface area (TPSA) is 46.2 Å². The van der Waals surface area contributed by atoms with Gasteiger partial charge in [-0.15, -0.1) is 0 Å². The molecule has 0 aromatic heterocycles. The van der Waals surface area contributed by atoms with E-state index >= 15 is 0 Å². The lowest BCUT2D eigenvalue weighted by atomic mass is 10.1. The molecule has 12 heavy (non-hydrogen) atoms. The number of hydrogen-bond acceptors (Lipinski definition) is 2. The Morgan fingerprint density at radius 1 is 1.33 bits per heavy atom. The van der Waals surface area contributed by atoms with Crippen molar-refractivity contribution in [1.29, 1.82) is 0 Å². The van der Waals surface area contributed by atoms with Crippen LogP contribution in [0.1, 0.15) is 11.7 Å². The molecule has 3 N–H and O–H groups in total. The lowest BCUT2D eigenvalue weighted by Crippen LogP contribution is -2.12. The second kappa shape index (κ2) is 4.10. The number of aliphatic hydroxyl groups excluding tert-OH is 1. The molecule has 1 rings (SSSR count). The Balaban J connectivity index is 3.12. The minimum atomic E-state index is -0.786. The van der Waals surface area contributed by atoms with E-state index in [4.69, 9.17) is 28.9 Å². The van der Waals surface area contributed by atoms with Crippen LogP contribution in [0.15, 0.2) is 18.2 Å². The number of nitrogens with two attached hydrogens (primary N) is 1. The van der Waals surface area contributed by atoms with Gasteiger partial charge in [-0.3, -0.25) is 0 Å². The molecule has 4 heteroatoms. The van der Waals surface area contributed by atoms with E-state index in [0.717, 1.165) is 0 Å². The van der Waals surface area contributed by atoms with Crippen molar-refractivity contribution >= 4 is 23.2 Å². The maximum absolute atomic E-state index is 9.40. The van der Waals surface area contributed by atoms with Crippen molar-refractivity contribution in [2.45, 2.75) is 6.10 Å². The minimum Gasteiger partial charge on any atom is -0.387 e. The molecule has 0 fully saturated rings. The summed E-state index contributed by atoms with van der Waals surface area (Å²) in [4.78, 5) is 0. The molecule has 0 aliphatic heterocycles. The van der Waals surface area contributed by atoms with Gasteiger partial charge in [0.05, 0.1) is 6.10 Å². The first-order chi connectivity index (χ1) is 5.66. The van der Waals surface area contributed by atoms with E-state index in [1.807, 2.05) is 0 Å². The zero-order chi connectivity index (χ0) is 9.14. The van der Waals surface area contributed by atoms with Gasteiger partial charge >= 0.3 is 0 Å². The number of hydrogen-bond donors (Lipinski definition) is 2. The van der Waals surface area contributed by atoms with Crippen molar-refractivity contribution < 1.29 is 5.11 Å². The van der Waals surface area contributed by atoms with E-state index in [1.165, 1.54) is 0 Å². The molecule has 0 aliphatic carbocycles. The number of halogens is 2. The van der Waals surface area contributed by atoms with Crippen molar-refractivity contribution in [3.05, 3.63) is 33.8 Å². The number of benzene rings is 1. The van der Waals surface area contributed by atoms with Crippen LogP contribution in [0.2, 0.25) is 10.0 Å². The first-order valence-electron chi connectivity index (χ1n) is 3.49. The number of rotatable bonds is 2. The van der Waals surface area contributed by atoms with Gasteiger partial charge in [0.15, 0.2) is 0 Å². The Kier molecular flexibility index (Phi) is 3.35. The Bertz CT molecular complexity index is 258. The van der Waals surface area contributed by atoms with Gasteiger partial charge in [-0.2, -0.15) is 0 Å². The maximum Gasteiger partial charge on any atom is 0.0941 e. The van der Waals surface area contributed by atoms with Crippen LogP contribution >= 0.6 is 23.2 Å². The van der Waals surface area contributed by atoms with Crippen molar-refractivity contribution in [2.24, 2.45) is 5.73 Å². The quantitative estimate of drug-likeness (QED) is 0.777. The van der Waals surface area contributed by atoms with Crippen LogP contribution in [0.25, 0.3) is 0 Å². The predicted molar refractivity (Wildman–Crippen MR) is 50.5 cm³/mol. The van der Waals surface area contributed by atoms with Crippen LogP contribution in [0.3, 0.4) is 0 Å². The van der Waals surface area contributed by atoms with Crippen LogP contribution in [0.5, 0.6) is 0 Å². The third-order valence-electron chi connectivity index (χ3n) is 1.56. The van der Waals surface area contributed by atoms with Crippen molar-refractivity contribution in [1.82, 2.24) is 0 Å². The Morgan fingerprint density at radius 2 is 1.83 bits per heavy atom. The SMILES string of the molecule is NC[C@H](O)c1c(Cl)cccc1Cl. The van der Waals surface area contributed by atoms with E-state index in [-0.39, 0.29) is 6.54 Å². The summed E-state index contributed by atoms with van der Waals surface area (Å²) in [5, 5.41) is 10.3. The first-order valence-corrected chi connectivity index (χ1v) is 4.24. The highest BCUT2D eigenvalue weighted by Crippen LogP contribution is 2.29. The van der Waals surface area contributed by atoms with Crippen LogP contribution in [-0.2, 0) is 0 Å². The van der Waals surface area contributed by atoms with Gasteiger partial charge < -0.3 is 10.8 Å². The van der Waals surface area contributed by atoms with E-state index in [9.17, 15) is 5.11 Å². The highest BCUT2D eigenvalue weighted by atomic mass is 35.5. The highest BCUT2D eigenvalue weighted by Gasteiger charge is 2.12. The summed E-state index contributed by atoms with van der Waals surface area (Å²) in [5.74, 6) is 0. The fraction of sp³-hybridized carbons (Fsp3) is 0.250. The molecule has 0 saturated heterocycles. The van der Waals surface area contributed by atoms with Gasteiger partial charge in [-0.25, -0.2) is 0 Å². The van der Waals surface area contributed by atoms with Gasteiger partial charge in [0, 0.05) is 22.2 Å². The van der Waals surface area contributed by atoms with Crippen LogP contribution < -0.4 is 5.73 Å². The summed E-state index contributed by atoms with van der Waals surface area (Å²) in [6.07, 6.45) is -0.786. The molecule has 1 aromatic rings. The molecule has 0 aliphatic rings. The van der Waals surface area contributed by atoms with Crippen molar-refractivity contribution in [3.8, 4) is 0 Å². The summed E-state index contributed by atoms with van der Waals surface area (Å²) in [6.45, 7) is 0.115. The Morgan fingerprint density at radius 3 is 2.25 bits per heavy atom. The standard InChI is InChI=1S/C8H9Cl2NO/c9-5-2-1-3-6(10)8(5)7(12)4-11/h1-3,7,12H,4,11H2/t7-/m0/s1. The summed E-state index contributed by atoms with van der Waals surface area (Å²) in [6, 6.07) is 5.06. The molecular formula is C8H9Cl2NO. The maximum atomic E-state index is 9.40. The average Bonchev–Trinajstić information content (AvgIpc) is 2.03. The minimum absolute atomic E-state index is 0.115. The van der Waals surface area contributed by atoms with Crippen LogP contribution in [0.4, 0.5) is 0 Å². The average molecular weight is 206 g/mol. The normalized spacial score (nSPS) is 13.0. The molecule has 0 bridgehead atoms. The first kappa shape index (κ1) is 9.81. The van der Waals surface area contributed by atoms with E-state index in [1.54, 1.807) is 18.2 Å². The molecule has 0 spiro atoms. The second-order valence-corrected chi connectivity index (χ2v) is 3.20. The molecule has 0 saturated carbocycles. The summed E-state index contributed by atoms with van der Waals surface area (Å²) >= 11 is 11.6. The molecule has 1 aromatic carbocycles. The Labute approximate surface area is 80.9 Å². The molecule has 0 radical (unpaired) electrons. The van der Waals surface area contributed by atoms with Crippen molar-refractivity contribution in [2.75, 3.05) is 6.54 Å². The molecule has 66 valence electrons. The van der Waals surface area contributed by atoms with Gasteiger partial charge in [0.25, 0.3) is 0 Å². The lowest BCUT2D eigenvalue weighted by Gasteiger charge is -2.11. The fourth-order valence-corrected chi connectivity index (χ4v) is 1.60. The third-order valence-corrected chi connectivity index (χ3v) is 2.22. The van der Waals surface area contributed by atoms with E-state index in [0.29, 0.717) is 15.6 Å². The highest BCUT2D eigenvalue weighted by molar-refractivity contribution is 6.36. The summed E-state index contributed by atoms with van der Waals surface area (Å²) in [7, 11) is 0.